The summed E-state index contributed by atoms with van der Waals surface area (Å²) in [5.74, 6) is 10.5. The molecule has 0 aromatic carbocycles. The zero-order valence-corrected chi connectivity index (χ0v) is 5.07. The van der Waals surface area contributed by atoms with Crippen molar-refractivity contribution in [2.45, 2.75) is 0 Å². The molecule has 0 saturated carbocycles. The number of nitrogens with one attached hydrogen (secondary N) is 2. The SMILES string of the molecule is NNc1ncnc(NN)n1. The first kappa shape index (κ1) is 6.65. The third-order valence-corrected chi connectivity index (χ3v) is 0.830. The number of aromatic nitrogens is 3. The lowest BCUT2D eigenvalue weighted by molar-refractivity contribution is 1.02. The molecule has 1 heterocycles. The van der Waals surface area contributed by atoms with Gasteiger partial charge in [0.2, 0.25) is 11.9 Å². The molecule has 0 bridgehead atoms. The van der Waals surface area contributed by atoms with E-state index in [0.29, 0.717) is 0 Å². The number of rotatable bonds is 2. The van der Waals surface area contributed by atoms with Gasteiger partial charge in [-0.2, -0.15) is 4.98 Å². The standard InChI is InChI=1S/C3H7N7/c4-9-2-6-1-7-3(8-2)10-5/h1H,4-5H2,(H2,6,7,8,9,10). The van der Waals surface area contributed by atoms with Crippen LogP contribution in [0.15, 0.2) is 6.33 Å². The maximum Gasteiger partial charge on any atom is 0.241 e. The molecule has 0 saturated heterocycles. The van der Waals surface area contributed by atoms with E-state index in [2.05, 4.69) is 25.8 Å². The topological polar surface area (TPSA) is 115 Å². The van der Waals surface area contributed by atoms with Crippen molar-refractivity contribution in [3.63, 3.8) is 0 Å². The van der Waals surface area contributed by atoms with Crippen molar-refractivity contribution in [3.8, 4) is 0 Å². The van der Waals surface area contributed by atoms with Gasteiger partial charge in [-0.1, -0.05) is 0 Å². The molecular weight excluding hydrogens is 134 g/mol. The Labute approximate surface area is 56.8 Å². The molecule has 0 atom stereocenters. The zero-order chi connectivity index (χ0) is 7.40. The Hall–Kier alpha value is -1.47. The molecule has 0 aliphatic rings. The van der Waals surface area contributed by atoms with E-state index in [1.54, 1.807) is 0 Å². The zero-order valence-electron chi connectivity index (χ0n) is 5.07. The molecule has 0 unspecified atom stereocenters. The van der Waals surface area contributed by atoms with Crippen LogP contribution in [0.2, 0.25) is 0 Å². The Morgan fingerprint density at radius 2 is 1.60 bits per heavy atom. The highest BCUT2D eigenvalue weighted by Crippen LogP contribution is 1.96. The van der Waals surface area contributed by atoms with Gasteiger partial charge in [-0.15, -0.1) is 0 Å². The van der Waals surface area contributed by atoms with Gasteiger partial charge >= 0.3 is 0 Å². The van der Waals surface area contributed by atoms with Crippen LogP contribution in [0, 0.1) is 0 Å². The smallest absolute Gasteiger partial charge is 0.241 e. The summed E-state index contributed by atoms with van der Waals surface area (Å²) in [6.07, 6.45) is 1.29. The highest BCUT2D eigenvalue weighted by Gasteiger charge is 1.93. The molecule has 0 aliphatic carbocycles. The maximum atomic E-state index is 5.00. The molecule has 54 valence electrons. The minimum atomic E-state index is 0.267. The van der Waals surface area contributed by atoms with E-state index >= 15 is 0 Å². The van der Waals surface area contributed by atoms with Gasteiger partial charge in [0.25, 0.3) is 0 Å². The van der Waals surface area contributed by atoms with Gasteiger partial charge < -0.3 is 0 Å². The molecule has 7 nitrogen and oxygen atoms in total. The predicted molar refractivity (Wildman–Crippen MR) is 35.4 cm³/mol. The number of nitrogens with zero attached hydrogens (tertiary/aromatic N) is 3. The van der Waals surface area contributed by atoms with Gasteiger partial charge in [0.15, 0.2) is 0 Å². The molecule has 0 aliphatic heterocycles. The first-order chi connectivity index (χ1) is 4.86. The van der Waals surface area contributed by atoms with E-state index < -0.39 is 0 Å². The quantitative estimate of drug-likeness (QED) is 0.291. The first-order valence-corrected chi connectivity index (χ1v) is 2.49. The monoisotopic (exact) mass is 141 g/mol. The Kier molecular flexibility index (Phi) is 1.92. The molecule has 1 aromatic heterocycles. The number of hydrazine groups is 2. The molecule has 7 heteroatoms. The lowest BCUT2D eigenvalue weighted by Crippen LogP contribution is -2.15. The van der Waals surface area contributed by atoms with Crippen molar-refractivity contribution < 1.29 is 0 Å². The summed E-state index contributed by atoms with van der Waals surface area (Å²) < 4.78 is 0. The average Bonchev–Trinajstić information content (AvgIpc) is 2.05. The van der Waals surface area contributed by atoms with Crippen molar-refractivity contribution in [3.05, 3.63) is 6.33 Å². The highest BCUT2D eigenvalue weighted by atomic mass is 15.4. The Morgan fingerprint density at radius 1 is 1.10 bits per heavy atom. The van der Waals surface area contributed by atoms with Crippen molar-refractivity contribution in [1.82, 2.24) is 15.0 Å². The predicted octanol–water partition coefficient (Wildman–Crippen LogP) is -1.56. The van der Waals surface area contributed by atoms with Crippen molar-refractivity contribution in [2.75, 3.05) is 10.9 Å². The van der Waals surface area contributed by atoms with E-state index in [1.807, 2.05) is 0 Å². The normalized spacial score (nSPS) is 9.00. The third kappa shape index (κ3) is 1.27. The van der Waals surface area contributed by atoms with E-state index in [4.69, 9.17) is 11.7 Å². The van der Waals surface area contributed by atoms with E-state index in [9.17, 15) is 0 Å². The Bertz CT molecular complexity index is 191. The van der Waals surface area contributed by atoms with Crippen LogP contribution in [-0.4, -0.2) is 15.0 Å². The van der Waals surface area contributed by atoms with Gasteiger partial charge in [-0.25, -0.2) is 21.7 Å². The molecule has 1 rings (SSSR count). The van der Waals surface area contributed by atoms with E-state index in [1.165, 1.54) is 6.33 Å². The lowest BCUT2D eigenvalue weighted by Gasteiger charge is -1.98. The molecule has 0 radical (unpaired) electrons. The van der Waals surface area contributed by atoms with Gasteiger partial charge in [0, 0.05) is 0 Å². The molecular formula is C3H7N7. The fourth-order valence-corrected chi connectivity index (χ4v) is 0.435. The molecule has 10 heavy (non-hydrogen) atoms. The fraction of sp³-hybridized carbons (Fsp3) is 0. The van der Waals surface area contributed by atoms with E-state index in [0.717, 1.165) is 0 Å². The number of hydrogen-bond acceptors (Lipinski definition) is 7. The Balaban J connectivity index is 2.87. The molecule has 0 amide bonds. The molecule has 0 fully saturated rings. The maximum absolute atomic E-state index is 5.00. The molecule has 0 spiro atoms. The van der Waals surface area contributed by atoms with Crippen LogP contribution in [0.4, 0.5) is 11.9 Å². The van der Waals surface area contributed by atoms with Gasteiger partial charge in [-0.05, 0) is 0 Å². The number of nitrogens with two attached hydrogens (primary N) is 2. The minimum absolute atomic E-state index is 0.267. The summed E-state index contributed by atoms with van der Waals surface area (Å²) >= 11 is 0. The van der Waals surface area contributed by atoms with Crippen LogP contribution >= 0.6 is 0 Å². The summed E-state index contributed by atoms with van der Waals surface area (Å²) in [6.45, 7) is 0. The highest BCUT2D eigenvalue weighted by molar-refractivity contribution is 5.29. The summed E-state index contributed by atoms with van der Waals surface area (Å²) in [6, 6.07) is 0. The summed E-state index contributed by atoms with van der Waals surface area (Å²) in [4.78, 5) is 11.0. The van der Waals surface area contributed by atoms with Crippen LogP contribution in [0.5, 0.6) is 0 Å². The summed E-state index contributed by atoms with van der Waals surface area (Å²) in [5, 5.41) is 0. The number of nitrogen functional groups attached to an aromatic ring is 2. The summed E-state index contributed by atoms with van der Waals surface area (Å²) in [7, 11) is 0. The van der Waals surface area contributed by atoms with Crippen LogP contribution in [0.3, 0.4) is 0 Å². The van der Waals surface area contributed by atoms with Crippen molar-refractivity contribution >= 4 is 11.9 Å². The number of anilines is 2. The van der Waals surface area contributed by atoms with E-state index in [-0.39, 0.29) is 11.9 Å². The van der Waals surface area contributed by atoms with Crippen molar-refractivity contribution in [1.29, 1.82) is 0 Å². The average molecular weight is 141 g/mol. The fourth-order valence-electron chi connectivity index (χ4n) is 0.435. The third-order valence-electron chi connectivity index (χ3n) is 0.830. The van der Waals surface area contributed by atoms with Crippen LogP contribution in [0.1, 0.15) is 0 Å². The second-order valence-corrected chi connectivity index (χ2v) is 1.42. The number of hydrogen-bond donors (Lipinski definition) is 4. The van der Waals surface area contributed by atoms with Crippen LogP contribution in [0.25, 0.3) is 0 Å². The minimum Gasteiger partial charge on any atom is -0.292 e. The second-order valence-electron chi connectivity index (χ2n) is 1.42. The molecule has 6 N–H and O–H groups in total. The van der Waals surface area contributed by atoms with Crippen LogP contribution < -0.4 is 22.5 Å². The molecule has 1 aromatic rings. The van der Waals surface area contributed by atoms with Gasteiger partial charge in [0.05, 0.1) is 0 Å². The second kappa shape index (κ2) is 2.90. The summed E-state index contributed by atoms with van der Waals surface area (Å²) in [5.41, 5.74) is 4.49. The Morgan fingerprint density at radius 3 is 2.00 bits per heavy atom. The largest absolute Gasteiger partial charge is 0.292 e. The lowest BCUT2D eigenvalue weighted by atomic mass is 10.9. The van der Waals surface area contributed by atoms with Crippen molar-refractivity contribution in [2.24, 2.45) is 11.7 Å². The van der Waals surface area contributed by atoms with Gasteiger partial charge in [0.1, 0.15) is 6.33 Å². The first-order valence-electron chi connectivity index (χ1n) is 2.49. The van der Waals surface area contributed by atoms with Gasteiger partial charge in [-0.3, -0.25) is 10.9 Å². The van der Waals surface area contributed by atoms with Crippen LogP contribution in [-0.2, 0) is 0 Å².